The molecule has 3 atom stereocenters. The zero-order valence-electron chi connectivity index (χ0n) is 12.1. The number of hydrogen-bond donors (Lipinski definition) is 1. The van der Waals surface area contributed by atoms with E-state index >= 15 is 0 Å². The summed E-state index contributed by atoms with van der Waals surface area (Å²) in [4.78, 5) is 4.46. The molecule has 1 aliphatic heterocycles. The van der Waals surface area contributed by atoms with Gasteiger partial charge in [-0.25, -0.2) is 4.98 Å². The summed E-state index contributed by atoms with van der Waals surface area (Å²) in [6, 6.07) is 1.23. The third-order valence-corrected chi connectivity index (χ3v) is 5.11. The van der Waals surface area contributed by atoms with Crippen molar-refractivity contribution in [2.75, 3.05) is 6.54 Å². The van der Waals surface area contributed by atoms with Gasteiger partial charge in [-0.2, -0.15) is 0 Å². The minimum absolute atomic E-state index is 0.538. The van der Waals surface area contributed by atoms with Crippen molar-refractivity contribution in [3.63, 3.8) is 0 Å². The van der Waals surface area contributed by atoms with Crippen molar-refractivity contribution < 1.29 is 0 Å². The van der Waals surface area contributed by atoms with E-state index in [4.69, 9.17) is 0 Å². The molecule has 3 heteroatoms. The molecule has 3 nitrogen and oxygen atoms in total. The van der Waals surface area contributed by atoms with Crippen LogP contribution in [0, 0.1) is 5.92 Å². The molecule has 1 N–H and O–H groups in total. The van der Waals surface area contributed by atoms with Crippen molar-refractivity contribution in [2.24, 2.45) is 5.92 Å². The van der Waals surface area contributed by atoms with Gasteiger partial charge in [-0.3, -0.25) is 0 Å². The van der Waals surface area contributed by atoms with Gasteiger partial charge in [0, 0.05) is 18.3 Å². The molecule has 106 valence electrons. The summed E-state index contributed by atoms with van der Waals surface area (Å²) in [5, 5.41) is 3.67. The van der Waals surface area contributed by atoms with E-state index < -0.39 is 0 Å². The van der Waals surface area contributed by atoms with Crippen LogP contribution in [0.15, 0.2) is 12.5 Å². The molecule has 2 fully saturated rings. The van der Waals surface area contributed by atoms with Crippen molar-refractivity contribution in [2.45, 2.75) is 70.4 Å². The Labute approximate surface area is 116 Å². The lowest BCUT2D eigenvalue weighted by molar-refractivity contribution is 0.223. The average Bonchev–Trinajstić information content (AvgIpc) is 2.97. The number of imidazole rings is 1. The van der Waals surface area contributed by atoms with E-state index in [9.17, 15) is 0 Å². The molecule has 2 heterocycles. The molecule has 0 spiro atoms. The number of aromatic nitrogens is 2. The van der Waals surface area contributed by atoms with Crippen LogP contribution < -0.4 is 5.32 Å². The first-order chi connectivity index (χ1) is 9.40. The second kappa shape index (κ2) is 6.08. The lowest BCUT2D eigenvalue weighted by Gasteiger charge is -2.35. The maximum Gasteiger partial charge on any atom is 0.0951 e. The molecule has 0 amide bonds. The lowest BCUT2D eigenvalue weighted by Crippen LogP contribution is -2.31. The second-order valence-corrected chi connectivity index (χ2v) is 6.25. The van der Waals surface area contributed by atoms with Gasteiger partial charge in [0.05, 0.1) is 12.0 Å². The van der Waals surface area contributed by atoms with Gasteiger partial charge < -0.3 is 9.88 Å². The Morgan fingerprint density at radius 3 is 2.84 bits per heavy atom. The molecule has 19 heavy (non-hydrogen) atoms. The quantitative estimate of drug-likeness (QED) is 0.896. The van der Waals surface area contributed by atoms with Gasteiger partial charge in [-0.15, -0.1) is 0 Å². The van der Waals surface area contributed by atoms with Crippen molar-refractivity contribution in [3.05, 3.63) is 18.2 Å². The first kappa shape index (κ1) is 13.2. The van der Waals surface area contributed by atoms with E-state index in [1.165, 1.54) is 57.1 Å². The highest BCUT2D eigenvalue weighted by Crippen LogP contribution is 2.38. The summed E-state index contributed by atoms with van der Waals surface area (Å²) >= 11 is 0. The molecular formula is C16H27N3. The van der Waals surface area contributed by atoms with Crippen molar-refractivity contribution >= 4 is 0 Å². The zero-order chi connectivity index (χ0) is 13.1. The van der Waals surface area contributed by atoms with Gasteiger partial charge in [-0.05, 0) is 38.1 Å². The second-order valence-electron chi connectivity index (χ2n) is 6.25. The number of rotatable bonds is 3. The standard InChI is InChI=1S/C16H27N3/c1-2-13-7-3-4-9-15(13)19-12-17-11-16(19)14-8-5-6-10-18-14/h11-15,18H,2-10H2,1H3. The maximum absolute atomic E-state index is 4.46. The fourth-order valence-electron chi connectivity index (χ4n) is 4.00. The Morgan fingerprint density at radius 2 is 2.05 bits per heavy atom. The van der Waals surface area contributed by atoms with Gasteiger partial charge in [0.15, 0.2) is 0 Å². The first-order valence-corrected chi connectivity index (χ1v) is 8.15. The van der Waals surface area contributed by atoms with Crippen LogP contribution >= 0.6 is 0 Å². The Bertz CT molecular complexity index is 392. The largest absolute Gasteiger partial charge is 0.330 e. The number of nitrogens with zero attached hydrogens (tertiary/aromatic N) is 2. The molecular weight excluding hydrogens is 234 g/mol. The van der Waals surface area contributed by atoms with Crippen LogP contribution in [0.5, 0.6) is 0 Å². The van der Waals surface area contributed by atoms with Gasteiger partial charge in [0.25, 0.3) is 0 Å². The average molecular weight is 261 g/mol. The monoisotopic (exact) mass is 261 g/mol. The summed E-state index contributed by atoms with van der Waals surface area (Å²) in [5.74, 6) is 0.852. The Balaban J connectivity index is 1.81. The highest BCUT2D eigenvalue weighted by Gasteiger charge is 2.28. The van der Waals surface area contributed by atoms with E-state index in [-0.39, 0.29) is 0 Å². The molecule has 0 bridgehead atoms. The van der Waals surface area contributed by atoms with E-state index in [2.05, 4.69) is 34.3 Å². The molecule has 1 saturated heterocycles. The lowest BCUT2D eigenvalue weighted by atomic mass is 9.82. The fourth-order valence-corrected chi connectivity index (χ4v) is 4.00. The Hall–Kier alpha value is -0.830. The van der Waals surface area contributed by atoms with Crippen molar-refractivity contribution in [1.29, 1.82) is 0 Å². The van der Waals surface area contributed by atoms with Gasteiger partial charge >= 0.3 is 0 Å². The molecule has 1 aromatic rings. The third-order valence-electron chi connectivity index (χ3n) is 5.11. The van der Waals surface area contributed by atoms with Crippen LogP contribution in [0.2, 0.25) is 0 Å². The molecule has 0 aromatic carbocycles. The summed E-state index contributed by atoms with van der Waals surface area (Å²) in [6.45, 7) is 3.51. The highest BCUT2D eigenvalue weighted by atomic mass is 15.1. The summed E-state index contributed by atoms with van der Waals surface area (Å²) < 4.78 is 2.51. The summed E-state index contributed by atoms with van der Waals surface area (Å²) in [6.07, 6.45) is 15.0. The van der Waals surface area contributed by atoms with Crippen LogP contribution in [0.4, 0.5) is 0 Å². The molecule has 1 aromatic heterocycles. The van der Waals surface area contributed by atoms with Gasteiger partial charge in [0.1, 0.15) is 0 Å². The summed E-state index contributed by atoms with van der Waals surface area (Å²) in [7, 11) is 0. The van der Waals surface area contributed by atoms with E-state index in [1.54, 1.807) is 0 Å². The zero-order valence-corrected chi connectivity index (χ0v) is 12.1. The molecule has 1 aliphatic carbocycles. The first-order valence-electron chi connectivity index (χ1n) is 8.15. The smallest absolute Gasteiger partial charge is 0.0951 e. The number of piperidine rings is 1. The summed E-state index contributed by atoms with van der Waals surface area (Å²) in [5.41, 5.74) is 1.44. The van der Waals surface area contributed by atoms with Crippen LogP contribution in [0.3, 0.4) is 0 Å². The normalized spacial score (nSPS) is 32.4. The molecule has 1 saturated carbocycles. The van der Waals surface area contributed by atoms with Crippen LogP contribution in [0.25, 0.3) is 0 Å². The topological polar surface area (TPSA) is 29.9 Å². The predicted octanol–water partition coefficient (Wildman–Crippen LogP) is 3.84. The van der Waals surface area contributed by atoms with Crippen molar-refractivity contribution in [3.8, 4) is 0 Å². The highest BCUT2D eigenvalue weighted by molar-refractivity contribution is 5.08. The van der Waals surface area contributed by atoms with E-state index in [1.807, 2.05) is 0 Å². The fraction of sp³-hybridized carbons (Fsp3) is 0.812. The van der Waals surface area contributed by atoms with Gasteiger partial charge in [-0.1, -0.05) is 32.6 Å². The van der Waals surface area contributed by atoms with Crippen LogP contribution in [-0.4, -0.2) is 16.1 Å². The van der Waals surface area contributed by atoms with E-state index in [0.717, 1.165) is 12.5 Å². The SMILES string of the molecule is CCC1CCCCC1n1cncc1C1CCCCN1. The molecule has 0 radical (unpaired) electrons. The minimum Gasteiger partial charge on any atom is -0.330 e. The molecule has 3 unspecified atom stereocenters. The maximum atomic E-state index is 4.46. The number of nitrogens with one attached hydrogen (secondary N) is 1. The minimum atomic E-state index is 0.538. The van der Waals surface area contributed by atoms with Gasteiger partial charge in [0.2, 0.25) is 0 Å². The molecule has 3 rings (SSSR count). The van der Waals surface area contributed by atoms with E-state index in [0.29, 0.717) is 12.1 Å². The van der Waals surface area contributed by atoms with Crippen molar-refractivity contribution in [1.82, 2.24) is 14.9 Å². The van der Waals surface area contributed by atoms with Crippen LogP contribution in [-0.2, 0) is 0 Å². The third kappa shape index (κ3) is 2.71. The Kier molecular flexibility index (Phi) is 4.21. The Morgan fingerprint density at radius 1 is 1.21 bits per heavy atom. The number of hydrogen-bond acceptors (Lipinski definition) is 2. The van der Waals surface area contributed by atoms with Crippen LogP contribution in [0.1, 0.15) is 76.1 Å². The molecule has 2 aliphatic rings. The predicted molar refractivity (Wildman–Crippen MR) is 78.1 cm³/mol.